The maximum Gasteiger partial charge on any atom is 0.151 e. The molecule has 0 saturated heterocycles. The summed E-state index contributed by atoms with van der Waals surface area (Å²) in [5.74, 6) is 2.62. The molecule has 1 aromatic heterocycles. The van der Waals surface area contributed by atoms with Gasteiger partial charge >= 0.3 is 0 Å². The van der Waals surface area contributed by atoms with Crippen molar-refractivity contribution >= 4 is 44.9 Å². The lowest BCUT2D eigenvalue weighted by molar-refractivity contribution is 0.552. The van der Waals surface area contributed by atoms with E-state index in [1.54, 1.807) is 11.3 Å². The summed E-state index contributed by atoms with van der Waals surface area (Å²) in [6.45, 7) is 2.27. The van der Waals surface area contributed by atoms with Crippen molar-refractivity contribution < 1.29 is 0 Å². The molecule has 0 saturated carbocycles. The second kappa shape index (κ2) is 6.62. The van der Waals surface area contributed by atoms with Crippen molar-refractivity contribution in [3.05, 3.63) is 24.3 Å². The maximum atomic E-state index is 5.73. The Hall–Kier alpha value is -0.250. The van der Waals surface area contributed by atoms with Crippen molar-refractivity contribution in [1.29, 1.82) is 0 Å². The van der Waals surface area contributed by atoms with E-state index in [1.165, 1.54) is 15.5 Å². The van der Waals surface area contributed by atoms with E-state index in [0.717, 1.165) is 29.5 Å². The Balaban J connectivity index is 1.86. The van der Waals surface area contributed by atoms with Crippen LogP contribution < -0.4 is 0 Å². The van der Waals surface area contributed by atoms with Gasteiger partial charge in [-0.25, -0.2) is 4.98 Å². The molecule has 1 atom stereocenters. The Morgan fingerprint density at radius 3 is 2.94 bits per heavy atom. The molecule has 0 N–H and O–H groups in total. The van der Waals surface area contributed by atoms with Crippen LogP contribution >= 0.6 is 34.7 Å². The summed E-state index contributed by atoms with van der Waals surface area (Å²) in [7, 11) is 0. The largest absolute Gasteiger partial charge is 0.230 e. The van der Waals surface area contributed by atoms with Crippen molar-refractivity contribution in [1.82, 2.24) is 4.98 Å². The van der Waals surface area contributed by atoms with Gasteiger partial charge in [0.2, 0.25) is 0 Å². The monoisotopic (exact) mass is 285 g/mol. The van der Waals surface area contributed by atoms with Gasteiger partial charge in [-0.05, 0) is 30.9 Å². The fourth-order valence-corrected chi connectivity index (χ4v) is 4.27. The van der Waals surface area contributed by atoms with Gasteiger partial charge in [-0.2, -0.15) is 0 Å². The van der Waals surface area contributed by atoms with Gasteiger partial charge in [0.25, 0.3) is 0 Å². The van der Waals surface area contributed by atoms with Crippen LogP contribution in [0.4, 0.5) is 0 Å². The zero-order chi connectivity index (χ0) is 12.1. The van der Waals surface area contributed by atoms with Crippen LogP contribution in [0.5, 0.6) is 0 Å². The van der Waals surface area contributed by atoms with Gasteiger partial charge in [-0.1, -0.05) is 30.8 Å². The van der Waals surface area contributed by atoms with Crippen LogP contribution in [0.1, 0.15) is 19.8 Å². The molecule has 0 aliphatic carbocycles. The summed E-state index contributed by atoms with van der Waals surface area (Å²) < 4.78 is 2.47. The van der Waals surface area contributed by atoms with Crippen LogP contribution in [-0.2, 0) is 0 Å². The molecular weight excluding hydrogens is 270 g/mol. The quantitative estimate of drug-likeness (QED) is 0.544. The third-order valence-corrected chi connectivity index (χ3v) is 5.14. The molecule has 0 spiro atoms. The highest BCUT2D eigenvalue weighted by atomic mass is 35.5. The summed E-state index contributed by atoms with van der Waals surface area (Å²) in [6.07, 6.45) is 2.33. The topological polar surface area (TPSA) is 12.9 Å². The number of thioether (sulfide) groups is 1. The van der Waals surface area contributed by atoms with Crippen LogP contribution in [0.15, 0.2) is 28.6 Å². The Kier molecular flexibility index (Phi) is 5.14. The first-order valence-corrected chi connectivity index (χ1v) is 8.17. The van der Waals surface area contributed by atoms with Gasteiger partial charge in [0.1, 0.15) is 0 Å². The summed E-state index contributed by atoms with van der Waals surface area (Å²) >= 11 is 9.38. The predicted octanol–water partition coefficient (Wildman–Crippen LogP) is 5.04. The van der Waals surface area contributed by atoms with Gasteiger partial charge in [-0.15, -0.1) is 22.9 Å². The highest BCUT2D eigenvalue weighted by Gasteiger charge is 2.05. The van der Waals surface area contributed by atoms with Crippen LogP contribution in [0, 0.1) is 5.92 Å². The average molecular weight is 286 g/mol. The second-order valence-corrected chi connectivity index (χ2v) is 6.92. The lowest BCUT2D eigenvalue weighted by Gasteiger charge is -2.07. The van der Waals surface area contributed by atoms with E-state index in [9.17, 15) is 0 Å². The molecule has 0 radical (unpaired) electrons. The van der Waals surface area contributed by atoms with E-state index >= 15 is 0 Å². The molecule has 4 heteroatoms. The number of halogens is 1. The fourth-order valence-electron chi connectivity index (χ4n) is 1.59. The Labute approximate surface area is 116 Å². The number of hydrogen-bond donors (Lipinski definition) is 0. The van der Waals surface area contributed by atoms with Gasteiger partial charge in [-0.3, -0.25) is 0 Å². The van der Waals surface area contributed by atoms with Crippen LogP contribution in [0.3, 0.4) is 0 Å². The van der Waals surface area contributed by atoms with Crippen molar-refractivity contribution in [2.75, 3.05) is 11.6 Å². The first-order chi connectivity index (χ1) is 8.29. The Bertz CT molecular complexity index is 436. The molecular formula is C13H16ClNS2. The highest BCUT2D eigenvalue weighted by molar-refractivity contribution is 8.01. The standard InChI is InChI=1S/C13H16ClNS2/c1-10(6-8-14)7-9-16-13-15-11-4-2-3-5-12(11)17-13/h2-5,10H,6-9H2,1H3. The maximum absolute atomic E-state index is 5.73. The number of fused-ring (bicyclic) bond motifs is 1. The molecule has 1 unspecified atom stereocenters. The average Bonchev–Trinajstić information content (AvgIpc) is 2.71. The van der Waals surface area contributed by atoms with E-state index in [1.807, 2.05) is 17.8 Å². The molecule has 0 bridgehead atoms. The molecule has 92 valence electrons. The minimum absolute atomic E-state index is 0.717. The molecule has 2 aromatic rings. The van der Waals surface area contributed by atoms with Gasteiger partial charge in [0, 0.05) is 11.6 Å². The van der Waals surface area contributed by atoms with Crippen LogP contribution in [0.2, 0.25) is 0 Å². The SMILES string of the molecule is CC(CCCl)CCSc1nc2ccccc2s1. The number of aromatic nitrogens is 1. The number of hydrogen-bond acceptors (Lipinski definition) is 3. The minimum atomic E-state index is 0.717. The number of rotatable bonds is 6. The Morgan fingerprint density at radius 2 is 2.18 bits per heavy atom. The number of para-hydroxylation sites is 1. The van der Waals surface area contributed by atoms with Crippen LogP contribution in [-0.4, -0.2) is 16.6 Å². The number of thiazole rings is 1. The fraction of sp³-hybridized carbons (Fsp3) is 0.462. The molecule has 0 aliphatic rings. The summed E-state index contributed by atoms with van der Waals surface area (Å²) in [6, 6.07) is 8.32. The molecule has 0 fully saturated rings. The summed E-state index contributed by atoms with van der Waals surface area (Å²) in [4.78, 5) is 4.61. The molecule has 2 rings (SSSR count). The molecule has 17 heavy (non-hydrogen) atoms. The number of nitrogens with zero attached hydrogens (tertiary/aromatic N) is 1. The third kappa shape index (κ3) is 3.87. The van der Waals surface area contributed by atoms with E-state index in [0.29, 0.717) is 0 Å². The van der Waals surface area contributed by atoms with Gasteiger partial charge in [0.15, 0.2) is 4.34 Å². The summed E-state index contributed by atoms with van der Waals surface area (Å²) in [5.41, 5.74) is 1.12. The third-order valence-electron chi connectivity index (χ3n) is 2.71. The van der Waals surface area contributed by atoms with Gasteiger partial charge in [0.05, 0.1) is 10.2 Å². The Morgan fingerprint density at radius 1 is 1.35 bits per heavy atom. The highest BCUT2D eigenvalue weighted by Crippen LogP contribution is 2.30. The van der Waals surface area contributed by atoms with E-state index in [4.69, 9.17) is 11.6 Å². The van der Waals surface area contributed by atoms with Crippen LogP contribution in [0.25, 0.3) is 10.2 Å². The molecule has 1 aromatic carbocycles. The van der Waals surface area contributed by atoms with E-state index in [-0.39, 0.29) is 0 Å². The number of alkyl halides is 1. The van der Waals surface area contributed by atoms with Crippen molar-refractivity contribution in [2.24, 2.45) is 5.92 Å². The summed E-state index contributed by atoms with van der Waals surface area (Å²) in [5, 5.41) is 0. The lowest BCUT2D eigenvalue weighted by atomic mass is 10.1. The van der Waals surface area contributed by atoms with E-state index < -0.39 is 0 Å². The molecule has 0 amide bonds. The van der Waals surface area contributed by atoms with Crippen molar-refractivity contribution in [3.63, 3.8) is 0 Å². The normalized spacial score (nSPS) is 13.1. The molecule has 1 heterocycles. The van der Waals surface area contributed by atoms with Gasteiger partial charge < -0.3 is 0 Å². The smallest absolute Gasteiger partial charge is 0.151 e. The molecule has 1 nitrogen and oxygen atoms in total. The molecule has 0 aliphatic heterocycles. The van der Waals surface area contributed by atoms with Crippen molar-refractivity contribution in [2.45, 2.75) is 24.1 Å². The predicted molar refractivity (Wildman–Crippen MR) is 79.5 cm³/mol. The first-order valence-electron chi connectivity index (χ1n) is 5.84. The first kappa shape index (κ1) is 13.2. The zero-order valence-corrected chi connectivity index (χ0v) is 12.2. The second-order valence-electron chi connectivity index (χ2n) is 4.17. The zero-order valence-electron chi connectivity index (χ0n) is 9.86. The minimum Gasteiger partial charge on any atom is -0.230 e. The number of benzene rings is 1. The van der Waals surface area contributed by atoms with E-state index in [2.05, 4.69) is 30.1 Å². The lowest BCUT2D eigenvalue weighted by Crippen LogP contribution is -1.96. The van der Waals surface area contributed by atoms with Crippen molar-refractivity contribution in [3.8, 4) is 0 Å².